The van der Waals surface area contributed by atoms with Gasteiger partial charge in [0.2, 0.25) is 0 Å². The van der Waals surface area contributed by atoms with Crippen LogP contribution in [0.5, 0.6) is 0 Å². The lowest BCUT2D eigenvalue weighted by Crippen LogP contribution is -2.56. The molecule has 0 heterocycles. The Balaban J connectivity index is 1.67. The third kappa shape index (κ3) is 0.791. The van der Waals surface area contributed by atoms with Gasteiger partial charge in [0.1, 0.15) is 0 Å². The van der Waals surface area contributed by atoms with Crippen LogP contribution in [0, 0.1) is 29.6 Å². The van der Waals surface area contributed by atoms with E-state index < -0.39 is 0 Å². The fourth-order valence-corrected chi connectivity index (χ4v) is 4.34. The summed E-state index contributed by atoms with van der Waals surface area (Å²) in [6, 6.07) is 0. The molecule has 0 spiro atoms. The molecule has 0 aliphatic heterocycles. The van der Waals surface area contributed by atoms with Crippen molar-refractivity contribution < 1.29 is 0 Å². The van der Waals surface area contributed by atoms with E-state index in [1.54, 1.807) is 25.7 Å². The van der Waals surface area contributed by atoms with Gasteiger partial charge in [-0.1, -0.05) is 19.8 Å². The molecule has 5 atom stereocenters. The molecule has 3 fully saturated rings. The highest BCUT2D eigenvalue weighted by Gasteiger charge is 2.57. The first-order chi connectivity index (χ1) is 5.90. The van der Waals surface area contributed by atoms with Crippen molar-refractivity contribution >= 4 is 0 Å². The molecule has 0 saturated heterocycles. The van der Waals surface area contributed by atoms with Crippen molar-refractivity contribution in [3.63, 3.8) is 0 Å². The minimum absolute atomic E-state index is 1.15. The Kier molecular flexibility index (Phi) is 1.54. The molecule has 0 amide bonds. The highest BCUT2D eigenvalue weighted by atomic mass is 14.6. The molecule has 0 aromatic carbocycles. The zero-order chi connectivity index (χ0) is 8.13. The molecule has 0 heteroatoms. The van der Waals surface area contributed by atoms with Crippen LogP contribution in [-0.4, -0.2) is 0 Å². The third-order valence-electron chi connectivity index (χ3n) is 4.94. The summed E-state index contributed by atoms with van der Waals surface area (Å²) in [7, 11) is 0. The summed E-state index contributed by atoms with van der Waals surface area (Å²) in [6.45, 7) is 2.35. The molecule has 12 heavy (non-hydrogen) atoms. The molecule has 3 aliphatic carbocycles. The van der Waals surface area contributed by atoms with Gasteiger partial charge in [-0.25, -0.2) is 0 Å². The van der Waals surface area contributed by atoms with Crippen LogP contribution >= 0.6 is 0 Å². The standard InChI is InChI=1S/C12H20/c1-2-3-8-4-5-9-6-10-7-11(8)12(9)10/h8-12H,2-7H2,1H3/t8?,9-,10?,11+,12?/m0/s1. The fourth-order valence-electron chi connectivity index (χ4n) is 4.34. The van der Waals surface area contributed by atoms with E-state index in [1.165, 1.54) is 36.5 Å². The van der Waals surface area contributed by atoms with Crippen LogP contribution in [0.1, 0.15) is 45.4 Å². The molecule has 0 N–H and O–H groups in total. The lowest BCUT2D eigenvalue weighted by Gasteiger charge is -2.64. The van der Waals surface area contributed by atoms with Crippen molar-refractivity contribution in [2.75, 3.05) is 0 Å². The smallest absolute Gasteiger partial charge is 0.0326 e. The molecule has 0 radical (unpaired) electrons. The van der Waals surface area contributed by atoms with Gasteiger partial charge in [0.15, 0.2) is 0 Å². The summed E-state index contributed by atoms with van der Waals surface area (Å²) in [4.78, 5) is 0. The summed E-state index contributed by atoms with van der Waals surface area (Å²) in [6.07, 6.45) is 9.34. The van der Waals surface area contributed by atoms with Crippen molar-refractivity contribution in [1.29, 1.82) is 0 Å². The predicted octanol–water partition coefficient (Wildman–Crippen LogP) is 3.47. The van der Waals surface area contributed by atoms with E-state index in [2.05, 4.69) is 6.92 Å². The van der Waals surface area contributed by atoms with E-state index in [-0.39, 0.29) is 0 Å². The number of hydrogen-bond donors (Lipinski definition) is 0. The maximum Gasteiger partial charge on any atom is -0.0326 e. The SMILES string of the molecule is CCCC1CC[C@H]2CC3C[C@H]1C32. The Labute approximate surface area is 75.7 Å². The average molecular weight is 164 g/mol. The van der Waals surface area contributed by atoms with Gasteiger partial charge in [0, 0.05) is 0 Å². The van der Waals surface area contributed by atoms with Crippen molar-refractivity contribution in [2.24, 2.45) is 29.6 Å². The lowest BCUT2D eigenvalue weighted by molar-refractivity contribution is -0.149. The minimum atomic E-state index is 1.15. The van der Waals surface area contributed by atoms with Crippen LogP contribution < -0.4 is 0 Å². The van der Waals surface area contributed by atoms with E-state index >= 15 is 0 Å². The Morgan fingerprint density at radius 3 is 2.75 bits per heavy atom. The molecule has 3 rings (SSSR count). The van der Waals surface area contributed by atoms with E-state index in [0.717, 1.165) is 5.92 Å². The Morgan fingerprint density at radius 1 is 1.08 bits per heavy atom. The monoisotopic (exact) mass is 164 g/mol. The molecule has 3 saturated carbocycles. The summed E-state index contributed by atoms with van der Waals surface area (Å²) in [5.41, 5.74) is 0. The van der Waals surface area contributed by atoms with Crippen LogP contribution in [0.2, 0.25) is 0 Å². The van der Waals surface area contributed by atoms with Gasteiger partial charge in [0.25, 0.3) is 0 Å². The number of hydrogen-bond acceptors (Lipinski definition) is 0. The summed E-state index contributed by atoms with van der Waals surface area (Å²) in [5.74, 6) is 5.98. The summed E-state index contributed by atoms with van der Waals surface area (Å²) < 4.78 is 0. The van der Waals surface area contributed by atoms with Crippen LogP contribution in [0.4, 0.5) is 0 Å². The molecule has 3 unspecified atom stereocenters. The van der Waals surface area contributed by atoms with Gasteiger partial charge in [0.05, 0.1) is 0 Å². The van der Waals surface area contributed by atoms with Gasteiger partial charge in [-0.15, -0.1) is 0 Å². The second-order valence-electron chi connectivity index (χ2n) is 5.36. The van der Waals surface area contributed by atoms with Gasteiger partial charge in [-0.3, -0.25) is 0 Å². The van der Waals surface area contributed by atoms with E-state index in [9.17, 15) is 0 Å². The molecular weight excluding hydrogens is 144 g/mol. The molecule has 0 aromatic rings. The van der Waals surface area contributed by atoms with Crippen LogP contribution in [0.25, 0.3) is 0 Å². The molecule has 3 aliphatic rings. The molecule has 0 bridgehead atoms. The third-order valence-corrected chi connectivity index (χ3v) is 4.94. The van der Waals surface area contributed by atoms with Crippen LogP contribution in [0.3, 0.4) is 0 Å². The first-order valence-corrected chi connectivity index (χ1v) is 5.90. The van der Waals surface area contributed by atoms with Gasteiger partial charge >= 0.3 is 0 Å². The van der Waals surface area contributed by atoms with Crippen molar-refractivity contribution in [1.82, 2.24) is 0 Å². The highest BCUT2D eigenvalue weighted by molar-refractivity contribution is 5.06. The Morgan fingerprint density at radius 2 is 2.00 bits per heavy atom. The zero-order valence-corrected chi connectivity index (χ0v) is 8.13. The van der Waals surface area contributed by atoms with Gasteiger partial charge < -0.3 is 0 Å². The van der Waals surface area contributed by atoms with E-state index in [4.69, 9.17) is 0 Å². The first-order valence-electron chi connectivity index (χ1n) is 5.90. The largest absolute Gasteiger partial charge is 0.0654 e. The van der Waals surface area contributed by atoms with Crippen molar-refractivity contribution in [3.05, 3.63) is 0 Å². The normalized spacial score (nSPS) is 55.2. The second kappa shape index (κ2) is 2.49. The molecule has 0 nitrogen and oxygen atoms in total. The minimum Gasteiger partial charge on any atom is -0.0654 e. The van der Waals surface area contributed by atoms with E-state index in [1.807, 2.05) is 0 Å². The Hall–Kier alpha value is 0. The second-order valence-corrected chi connectivity index (χ2v) is 5.36. The van der Waals surface area contributed by atoms with Gasteiger partial charge in [-0.2, -0.15) is 0 Å². The Bertz CT molecular complexity index is 182. The molecule has 0 aromatic heterocycles. The first kappa shape index (κ1) is 7.41. The zero-order valence-electron chi connectivity index (χ0n) is 8.13. The highest BCUT2D eigenvalue weighted by Crippen LogP contribution is 2.65. The summed E-state index contributed by atoms with van der Waals surface area (Å²) in [5, 5.41) is 0. The maximum absolute atomic E-state index is 2.35. The lowest BCUT2D eigenvalue weighted by atomic mass is 9.41. The van der Waals surface area contributed by atoms with E-state index in [0.29, 0.717) is 0 Å². The fraction of sp³-hybridized carbons (Fsp3) is 1.00. The quantitative estimate of drug-likeness (QED) is 0.586. The van der Waals surface area contributed by atoms with Crippen LogP contribution in [0.15, 0.2) is 0 Å². The van der Waals surface area contributed by atoms with Crippen molar-refractivity contribution in [3.8, 4) is 0 Å². The van der Waals surface area contributed by atoms with Gasteiger partial charge in [-0.05, 0) is 55.3 Å². The maximum atomic E-state index is 2.35. The average Bonchev–Trinajstić information content (AvgIpc) is 1.99. The topological polar surface area (TPSA) is 0 Å². The molecular formula is C12H20. The number of rotatable bonds is 2. The van der Waals surface area contributed by atoms with Crippen molar-refractivity contribution in [2.45, 2.75) is 45.4 Å². The predicted molar refractivity (Wildman–Crippen MR) is 50.8 cm³/mol. The molecule has 68 valence electrons. The summed E-state index contributed by atoms with van der Waals surface area (Å²) >= 11 is 0. The van der Waals surface area contributed by atoms with Crippen LogP contribution in [-0.2, 0) is 0 Å².